The maximum absolute atomic E-state index is 10.4. The van der Waals surface area contributed by atoms with E-state index in [0.29, 0.717) is 5.92 Å². The lowest BCUT2D eigenvalue weighted by Crippen LogP contribution is -2.28. The number of aliphatic hydroxyl groups excluding tert-OH is 1. The molecule has 0 amide bonds. The summed E-state index contributed by atoms with van der Waals surface area (Å²) in [6, 6.07) is 2.05. The first-order valence-electron chi connectivity index (χ1n) is 7.33. The summed E-state index contributed by atoms with van der Waals surface area (Å²) >= 11 is 3.43. The Balaban J connectivity index is 1.86. The Kier molecular flexibility index (Phi) is 5.40. The standard InChI is InChI=1S/C16H24BrNO/c1-11(2)13-3-5-14(6-4-13)16(19)8-12-7-15(17)10-18-9-12/h7,9-11,13-14,16,19H,3-6,8H2,1-2H3. The fraction of sp³-hybridized carbons (Fsp3) is 0.688. The van der Waals surface area contributed by atoms with E-state index in [1.807, 2.05) is 6.20 Å². The van der Waals surface area contributed by atoms with Crippen LogP contribution in [0.25, 0.3) is 0 Å². The SMILES string of the molecule is CC(C)C1CCC(C(O)Cc2cncc(Br)c2)CC1. The normalized spacial score (nSPS) is 25.5. The van der Waals surface area contributed by atoms with Crippen LogP contribution in [0.2, 0.25) is 0 Å². The third-order valence-corrected chi connectivity index (χ3v) is 4.94. The minimum atomic E-state index is -0.218. The largest absolute Gasteiger partial charge is 0.392 e. The minimum Gasteiger partial charge on any atom is -0.392 e. The Morgan fingerprint density at radius 1 is 1.21 bits per heavy atom. The predicted octanol–water partition coefficient (Wildman–Crippen LogP) is 4.21. The van der Waals surface area contributed by atoms with Gasteiger partial charge in [-0.15, -0.1) is 0 Å². The molecule has 1 aliphatic rings. The number of halogens is 1. The third kappa shape index (κ3) is 4.28. The molecule has 0 saturated heterocycles. The molecule has 0 aromatic carbocycles. The van der Waals surface area contributed by atoms with Gasteiger partial charge in [-0.25, -0.2) is 0 Å². The Labute approximate surface area is 124 Å². The van der Waals surface area contributed by atoms with Crippen LogP contribution in [0.4, 0.5) is 0 Å². The van der Waals surface area contributed by atoms with Crippen molar-refractivity contribution in [3.63, 3.8) is 0 Å². The first-order chi connectivity index (χ1) is 9.06. The molecular weight excluding hydrogens is 302 g/mol. The molecule has 19 heavy (non-hydrogen) atoms. The Morgan fingerprint density at radius 2 is 1.84 bits per heavy atom. The number of aromatic nitrogens is 1. The van der Waals surface area contributed by atoms with Crippen molar-refractivity contribution in [3.05, 3.63) is 28.5 Å². The summed E-state index contributed by atoms with van der Waals surface area (Å²) in [5.74, 6) is 2.11. The van der Waals surface area contributed by atoms with Crippen molar-refractivity contribution in [1.29, 1.82) is 0 Å². The van der Waals surface area contributed by atoms with Gasteiger partial charge in [-0.3, -0.25) is 4.98 Å². The number of rotatable bonds is 4. The Bertz CT molecular complexity index is 399. The van der Waals surface area contributed by atoms with Gasteiger partial charge in [0, 0.05) is 23.3 Å². The van der Waals surface area contributed by atoms with Gasteiger partial charge in [0.1, 0.15) is 0 Å². The summed E-state index contributed by atoms with van der Waals surface area (Å²) in [5.41, 5.74) is 1.12. The van der Waals surface area contributed by atoms with E-state index < -0.39 is 0 Å². The molecule has 0 aliphatic heterocycles. The highest BCUT2D eigenvalue weighted by Gasteiger charge is 2.27. The summed E-state index contributed by atoms with van der Waals surface area (Å²) < 4.78 is 0.987. The zero-order valence-electron chi connectivity index (χ0n) is 11.8. The quantitative estimate of drug-likeness (QED) is 0.899. The number of aliphatic hydroxyl groups is 1. The van der Waals surface area contributed by atoms with E-state index in [4.69, 9.17) is 0 Å². The van der Waals surface area contributed by atoms with Gasteiger partial charge < -0.3 is 5.11 Å². The highest BCUT2D eigenvalue weighted by atomic mass is 79.9. The molecule has 2 nitrogen and oxygen atoms in total. The smallest absolute Gasteiger partial charge is 0.0609 e. The van der Waals surface area contributed by atoms with Crippen molar-refractivity contribution in [2.45, 2.75) is 52.1 Å². The van der Waals surface area contributed by atoms with Crippen molar-refractivity contribution >= 4 is 15.9 Å². The molecule has 1 N–H and O–H groups in total. The number of hydrogen-bond acceptors (Lipinski definition) is 2. The van der Waals surface area contributed by atoms with Crippen molar-refractivity contribution in [2.24, 2.45) is 17.8 Å². The molecular formula is C16H24BrNO. The van der Waals surface area contributed by atoms with Gasteiger partial charge in [-0.2, -0.15) is 0 Å². The molecule has 1 atom stereocenters. The maximum atomic E-state index is 10.4. The summed E-state index contributed by atoms with van der Waals surface area (Å²) in [4.78, 5) is 4.16. The molecule has 0 spiro atoms. The van der Waals surface area contributed by atoms with E-state index in [9.17, 15) is 5.11 Å². The summed E-state index contributed by atoms with van der Waals surface area (Å²) in [7, 11) is 0. The van der Waals surface area contributed by atoms with Crippen LogP contribution in [-0.4, -0.2) is 16.2 Å². The van der Waals surface area contributed by atoms with Gasteiger partial charge in [0.15, 0.2) is 0 Å². The van der Waals surface area contributed by atoms with Crippen LogP contribution in [0, 0.1) is 17.8 Å². The van der Waals surface area contributed by atoms with E-state index in [-0.39, 0.29) is 6.10 Å². The van der Waals surface area contributed by atoms with Crippen LogP contribution in [0.5, 0.6) is 0 Å². The van der Waals surface area contributed by atoms with Gasteiger partial charge in [-0.05, 0) is 71.0 Å². The second-order valence-corrected chi connectivity index (χ2v) is 7.12. The third-order valence-electron chi connectivity index (χ3n) is 4.51. The summed E-state index contributed by atoms with van der Waals surface area (Å²) in [5, 5.41) is 10.4. The van der Waals surface area contributed by atoms with E-state index in [1.54, 1.807) is 6.20 Å². The van der Waals surface area contributed by atoms with Gasteiger partial charge in [0.05, 0.1) is 6.10 Å². The summed E-state index contributed by atoms with van der Waals surface area (Å²) in [6.45, 7) is 4.63. The van der Waals surface area contributed by atoms with E-state index in [0.717, 1.165) is 28.3 Å². The first-order valence-corrected chi connectivity index (χ1v) is 8.13. The van der Waals surface area contributed by atoms with Gasteiger partial charge in [-0.1, -0.05) is 13.8 Å². The fourth-order valence-electron chi connectivity index (χ4n) is 3.17. The zero-order chi connectivity index (χ0) is 13.8. The highest BCUT2D eigenvalue weighted by Crippen LogP contribution is 2.35. The Hall–Kier alpha value is -0.410. The van der Waals surface area contributed by atoms with Crippen molar-refractivity contribution in [1.82, 2.24) is 4.98 Å². The molecule has 106 valence electrons. The van der Waals surface area contributed by atoms with E-state index in [1.165, 1.54) is 25.7 Å². The van der Waals surface area contributed by atoms with Crippen molar-refractivity contribution < 1.29 is 5.11 Å². The molecule has 0 bridgehead atoms. The molecule has 1 unspecified atom stereocenters. The molecule has 1 aromatic rings. The predicted molar refractivity (Wildman–Crippen MR) is 81.9 cm³/mol. The van der Waals surface area contributed by atoms with Crippen LogP contribution < -0.4 is 0 Å². The van der Waals surface area contributed by atoms with Crippen LogP contribution in [0.1, 0.15) is 45.1 Å². The van der Waals surface area contributed by atoms with Crippen molar-refractivity contribution in [2.75, 3.05) is 0 Å². The number of nitrogens with zero attached hydrogens (tertiary/aromatic N) is 1. The lowest BCUT2D eigenvalue weighted by molar-refractivity contribution is 0.0674. The number of pyridine rings is 1. The molecule has 3 heteroatoms. The average molecular weight is 326 g/mol. The zero-order valence-corrected chi connectivity index (χ0v) is 13.4. The highest BCUT2D eigenvalue weighted by molar-refractivity contribution is 9.10. The minimum absolute atomic E-state index is 0.218. The lowest BCUT2D eigenvalue weighted by Gasteiger charge is -2.33. The molecule has 0 radical (unpaired) electrons. The average Bonchev–Trinajstić information content (AvgIpc) is 2.39. The van der Waals surface area contributed by atoms with Crippen LogP contribution in [0.3, 0.4) is 0 Å². The van der Waals surface area contributed by atoms with Crippen LogP contribution >= 0.6 is 15.9 Å². The monoisotopic (exact) mass is 325 g/mol. The van der Waals surface area contributed by atoms with Crippen molar-refractivity contribution in [3.8, 4) is 0 Å². The van der Waals surface area contributed by atoms with Gasteiger partial charge in [0.2, 0.25) is 0 Å². The molecule has 1 fully saturated rings. The first kappa shape index (κ1) is 15.0. The lowest BCUT2D eigenvalue weighted by atomic mass is 9.74. The molecule has 1 heterocycles. The second kappa shape index (κ2) is 6.85. The number of hydrogen-bond donors (Lipinski definition) is 1. The van der Waals surface area contributed by atoms with Crippen LogP contribution in [0.15, 0.2) is 22.9 Å². The second-order valence-electron chi connectivity index (χ2n) is 6.20. The molecule has 1 aliphatic carbocycles. The molecule has 2 rings (SSSR count). The fourth-order valence-corrected chi connectivity index (χ4v) is 3.58. The molecule has 1 saturated carbocycles. The van der Waals surface area contributed by atoms with Gasteiger partial charge >= 0.3 is 0 Å². The Morgan fingerprint density at radius 3 is 2.42 bits per heavy atom. The van der Waals surface area contributed by atoms with E-state index >= 15 is 0 Å². The van der Waals surface area contributed by atoms with E-state index in [2.05, 4.69) is 40.8 Å². The summed E-state index contributed by atoms with van der Waals surface area (Å²) in [6.07, 6.45) is 9.04. The topological polar surface area (TPSA) is 33.1 Å². The molecule has 1 aromatic heterocycles. The maximum Gasteiger partial charge on any atom is 0.0609 e. The van der Waals surface area contributed by atoms with Crippen LogP contribution in [-0.2, 0) is 6.42 Å². The van der Waals surface area contributed by atoms with Gasteiger partial charge in [0.25, 0.3) is 0 Å².